The molecular formula is C11H12F3NO2. The van der Waals surface area contributed by atoms with Gasteiger partial charge in [-0.25, -0.2) is 0 Å². The Kier molecular flexibility index (Phi) is 3.24. The first-order chi connectivity index (χ1) is 7.96. The monoisotopic (exact) mass is 247 g/mol. The van der Waals surface area contributed by atoms with Crippen molar-refractivity contribution in [2.75, 3.05) is 6.61 Å². The maximum Gasteiger partial charge on any atom is 0.522 e. The van der Waals surface area contributed by atoms with E-state index < -0.39 is 13.0 Å². The number of nitrogens with zero attached hydrogens (tertiary/aromatic N) is 1. The molecule has 1 fully saturated rings. The second kappa shape index (κ2) is 4.52. The molecule has 0 N–H and O–H groups in total. The summed E-state index contributed by atoms with van der Waals surface area (Å²) in [6.45, 7) is -0.368. The largest absolute Gasteiger partial charge is 0.522 e. The number of alkyl halides is 3. The molecule has 0 atom stereocenters. The Bertz CT molecular complexity index is 407. The van der Waals surface area contributed by atoms with Crippen molar-refractivity contribution in [3.05, 3.63) is 24.0 Å². The summed E-state index contributed by atoms with van der Waals surface area (Å²) in [5, 5.41) is 0. The van der Waals surface area contributed by atoms with Crippen molar-refractivity contribution in [1.29, 1.82) is 0 Å². The molecular weight excluding hydrogens is 235 g/mol. The van der Waals surface area contributed by atoms with Gasteiger partial charge < -0.3 is 4.57 Å². The van der Waals surface area contributed by atoms with Gasteiger partial charge in [0.05, 0.1) is 6.61 Å². The third-order valence-corrected chi connectivity index (χ3v) is 2.60. The standard InChI is InChI=1S/C11H12F3NO2/c12-11(13,14)17-6-5-15-4-3-9(7-15)10(16)8-1-2-8/h3-4,7-8H,1-2,5-6H2. The number of ketones is 1. The van der Waals surface area contributed by atoms with Gasteiger partial charge in [-0.05, 0) is 18.9 Å². The second-order valence-corrected chi connectivity index (χ2v) is 4.07. The summed E-state index contributed by atoms with van der Waals surface area (Å²) >= 11 is 0. The van der Waals surface area contributed by atoms with Crippen LogP contribution in [0.15, 0.2) is 18.5 Å². The summed E-state index contributed by atoms with van der Waals surface area (Å²) in [4.78, 5) is 11.6. The molecule has 6 heteroatoms. The molecule has 0 amide bonds. The number of carbonyl (C=O) groups is 1. The minimum Gasteiger partial charge on any atom is -0.351 e. The third kappa shape index (κ3) is 3.59. The van der Waals surface area contributed by atoms with Crippen LogP contribution in [0.25, 0.3) is 0 Å². The van der Waals surface area contributed by atoms with Gasteiger partial charge in [0.2, 0.25) is 0 Å². The third-order valence-electron chi connectivity index (χ3n) is 2.60. The van der Waals surface area contributed by atoms with Gasteiger partial charge in [0.25, 0.3) is 0 Å². The van der Waals surface area contributed by atoms with Crippen LogP contribution >= 0.6 is 0 Å². The Morgan fingerprint density at radius 3 is 2.76 bits per heavy atom. The molecule has 94 valence electrons. The zero-order valence-corrected chi connectivity index (χ0v) is 9.04. The van der Waals surface area contributed by atoms with E-state index in [1.807, 2.05) is 0 Å². The van der Waals surface area contributed by atoms with E-state index in [0.717, 1.165) is 12.8 Å². The highest BCUT2D eigenvalue weighted by molar-refractivity contribution is 5.99. The van der Waals surface area contributed by atoms with E-state index in [2.05, 4.69) is 4.74 Å². The smallest absolute Gasteiger partial charge is 0.351 e. The van der Waals surface area contributed by atoms with Crippen molar-refractivity contribution >= 4 is 5.78 Å². The van der Waals surface area contributed by atoms with Crippen LogP contribution in [0, 0.1) is 5.92 Å². The minimum absolute atomic E-state index is 0.0808. The minimum atomic E-state index is -4.60. The molecule has 3 nitrogen and oxygen atoms in total. The first-order valence-electron chi connectivity index (χ1n) is 5.36. The summed E-state index contributed by atoms with van der Waals surface area (Å²) in [7, 11) is 0. The summed E-state index contributed by atoms with van der Waals surface area (Å²) < 4.78 is 40.3. The van der Waals surface area contributed by atoms with Gasteiger partial charge in [0.1, 0.15) is 0 Å². The van der Waals surface area contributed by atoms with Gasteiger partial charge in [-0.3, -0.25) is 9.53 Å². The quantitative estimate of drug-likeness (QED) is 0.749. The maximum atomic E-state index is 11.7. The molecule has 1 aromatic rings. The predicted octanol–water partition coefficient (Wildman–Crippen LogP) is 2.62. The Balaban J connectivity index is 1.83. The van der Waals surface area contributed by atoms with E-state index in [0.29, 0.717) is 5.56 Å². The molecule has 0 aliphatic heterocycles. The zero-order valence-electron chi connectivity index (χ0n) is 9.04. The van der Waals surface area contributed by atoms with Gasteiger partial charge in [-0.2, -0.15) is 0 Å². The van der Waals surface area contributed by atoms with Crippen LogP contribution < -0.4 is 0 Å². The Labute approximate surface area is 96.2 Å². The average Bonchev–Trinajstić information content (AvgIpc) is 2.96. The van der Waals surface area contributed by atoms with Gasteiger partial charge >= 0.3 is 6.36 Å². The van der Waals surface area contributed by atoms with Gasteiger partial charge in [-0.1, -0.05) is 0 Å². The molecule has 1 saturated carbocycles. The summed E-state index contributed by atoms with van der Waals surface area (Å²) in [6, 6.07) is 1.63. The highest BCUT2D eigenvalue weighted by atomic mass is 19.4. The van der Waals surface area contributed by atoms with E-state index in [1.54, 1.807) is 18.5 Å². The fraction of sp³-hybridized carbons (Fsp3) is 0.545. The van der Waals surface area contributed by atoms with E-state index in [1.165, 1.54) is 4.57 Å². The highest BCUT2D eigenvalue weighted by Crippen LogP contribution is 2.32. The molecule has 1 aliphatic carbocycles. The Morgan fingerprint density at radius 1 is 1.47 bits per heavy atom. The zero-order chi connectivity index (χ0) is 12.5. The van der Waals surface area contributed by atoms with Crippen LogP contribution in [0.1, 0.15) is 23.2 Å². The maximum absolute atomic E-state index is 11.7. The SMILES string of the molecule is O=C(c1ccn(CCOC(F)(F)F)c1)C1CC1. The predicted molar refractivity (Wildman–Crippen MR) is 53.5 cm³/mol. The lowest BCUT2D eigenvalue weighted by Gasteiger charge is -2.07. The lowest BCUT2D eigenvalue weighted by Crippen LogP contribution is -2.17. The van der Waals surface area contributed by atoms with E-state index >= 15 is 0 Å². The first kappa shape index (κ1) is 12.2. The lowest BCUT2D eigenvalue weighted by atomic mass is 10.1. The number of hydrogen-bond donors (Lipinski definition) is 0. The summed E-state index contributed by atoms with van der Waals surface area (Å²) in [5.41, 5.74) is 0.569. The fourth-order valence-corrected chi connectivity index (χ4v) is 1.57. The molecule has 1 aromatic heterocycles. The van der Waals surface area contributed by atoms with E-state index in [-0.39, 0.29) is 18.2 Å². The molecule has 17 heavy (non-hydrogen) atoms. The van der Waals surface area contributed by atoms with Crippen LogP contribution in [0.5, 0.6) is 0 Å². The molecule has 1 heterocycles. The number of rotatable bonds is 5. The number of ether oxygens (including phenoxy) is 1. The molecule has 2 rings (SSSR count). The van der Waals surface area contributed by atoms with Crippen molar-refractivity contribution in [2.45, 2.75) is 25.7 Å². The van der Waals surface area contributed by atoms with Gasteiger partial charge in [0.15, 0.2) is 5.78 Å². The number of halogens is 3. The topological polar surface area (TPSA) is 31.2 Å². The van der Waals surface area contributed by atoms with Crippen LogP contribution in [0.3, 0.4) is 0 Å². The number of carbonyl (C=O) groups excluding carboxylic acids is 1. The lowest BCUT2D eigenvalue weighted by molar-refractivity contribution is -0.325. The van der Waals surface area contributed by atoms with Crippen molar-refractivity contribution in [2.24, 2.45) is 5.92 Å². The first-order valence-corrected chi connectivity index (χ1v) is 5.36. The Morgan fingerprint density at radius 2 is 2.18 bits per heavy atom. The van der Waals surface area contributed by atoms with Crippen molar-refractivity contribution in [3.8, 4) is 0 Å². The number of aromatic nitrogens is 1. The molecule has 0 unspecified atom stereocenters. The van der Waals surface area contributed by atoms with Gasteiger partial charge in [0, 0.05) is 30.4 Å². The van der Waals surface area contributed by atoms with Crippen LogP contribution in [0.4, 0.5) is 13.2 Å². The summed E-state index contributed by atoms with van der Waals surface area (Å²) in [5.74, 6) is 0.206. The van der Waals surface area contributed by atoms with Crippen molar-refractivity contribution in [1.82, 2.24) is 4.57 Å². The van der Waals surface area contributed by atoms with E-state index in [9.17, 15) is 18.0 Å². The second-order valence-electron chi connectivity index (χ2n) is 4.07. The fourth-order valence-electron chi connectivity index (χ4n) is 1.57. The summed E-state index contributed by atoms with van der Waals surface area (Å²) in [6.07, 6.45) is 0.401. The van der Waals surface area contributed by atoms with Crippen LogP contribution in [-0.4, -0.2) is 23.3 Å². The highest BCUT2D eigenvalue weighted by Gasteiger charge is 2.31. The van der Waals surface area contributed by atoms with E-state index in [4.69, 9.17) is 0 Å². The van der Waals surface area contributed by atoms with Gasteiger partial charge in [-0.15, -0.1) is 13.2 Å². The molecule has 0 radical (unpaired) electrons. The van der Waals surface area contributed by atoms with Crippen molar-refractivity contribution < 1.29 is 22.7 Å². The van der Waals surface area contributed by atoms with Crippen LogP contribution in [0.2, 0.25) is 0 Å². The molecule has 0 saturated heterocycles. The van der Waals surface area contributed by atoms with Crippen LogP contribution in [-0.2, 0) is 11.3 Å². The Hall–Kier alpha value is -1.30. The molecule has 0 bridgehead atoms. The molecule has 0 aromatic carbocycles. The average molecular weight is 247 g/mol. The molecule has 0 spiro atoms. The number of hydrogen-bond acceptors (Lipinski definition) is 2. The molecule has 1 aliphatic rings. The normalized spacial score (nSPS) is 16.2. The van der Waals surface area contributed by atoms with Crippen molar-refractivity contribution in [3.63, 3.8) is 0 Å². The number of Topliss-reactive ketones (excluding diaryl/α,β-unsaturated/α-hetero) is 1.